The van der Waals surface area contributed by atoms with Crippen molar-refractivity contribution < 1.29 is 18.4 Å². The molecule has 2 aliphatic rings. The lowest BCUT2D eigenvalue weighted by atomic mass is 10.3. The monoisotopic (exact) mass is 422 g/mol. The van der Waals surface area contributed by atoms with Crippen molar-refractivity contribution in [1.82, 2.24) is 9.80 Å². The third-order valence-corrected chi connectivity index (χ3v) is 6.72. The summed E-state index contributed by atoms with van der Waals surface area (Å²) in [6, 6.07) is 7.02. The maximum Gasteiger partial charge on any atom is 0.267 e. The maximum atomic E-state index is 12.8. The van der Waals surface area contributed by atoms with Crippen molar-refractivity contribution >= 4 is 68.4 Å². The van der Waals surface area contributed by atoms with Crippen LogP contribution >= 0.6 is 48.0 Å². The molecule has 0 aliphatic carbocycles. The summed E-state index contributed by atoms with van der Waals surface area (Å²) < 4.78 is 11.3. The van der Waals surface area contributed by atoms with Crippen molar-refractivity contribution in [1.29, 1.82) is 0 Å². The number of thiocarbonyl (C=S) groups is 2. The number of amides is 2. The SMILES string of the molecule is O=C1/C(=C2\SC(=S)N(Cc3ccco3)C2=O)SC(=S)N1Cc1ccco1. The first-order valence-electron chi connectivity index (χ1n) is 7.41. The van der Waals surface area contributed by atoms with Gasteiger partial charge in [0.1, 0.15) is 20.2 Å². The summed E-state index contributed by atoms with van der Waals surface area (Å²) in [5.74, 6) is 0.616. The normalized spacial score (nSPS) is 20.8. The Morgan fingerprint density at radius 2 is 1.23 bits per heavy atom. The number of thioether (sulfide) groups is 2. The van der Waals surface area contributed by atoms with Gasteiger partial charge in [-0.3, -0.25) is 19.4 Å². The van der Waals surface area contributed by atoms with Crippen LogP contribution in [-0.4, -0.2) is 30.3 Å². The summed E-state index contributed by atoms with van der Waals surface area (Å²) in [6.07, 6.45) is 3.07. The molecule has 2 aliphatic heterocycles. The molecule has 2 aromatic rings. The van der Waals surface area contributed by atoms with E-state index in [2.05, 4.69) is 0 Å². The van der Waals surface area contributed by atoms with Crippen LogP contribution in [0.25, 0.3) is 0 Å². The minimum Gasteiger partial charge on any atom is -0.467 e. The molecule has 0 N–H and O–H groups in total. The first-order valence-corrected chi connectivity index (χ1v) is 9.86. The molecular weight excluding hydrogens is 412 g/mol. The Morgan fingerprint density at radius 1 is 0.808 bits per heavy atom. The van der Waals surface area contributed by atoms with Crippen molar-refractivity contribution in [2.24, 2.45) is 0 Å². The number of hydrogen-bond donors (Lipinski definition) is 0. The van der Waals surface area contributed by atoms with Crippen LogP contribution in [0, 0.1) is 0 Å². The van der Waals surface area contributed by atoms with E-state index in [4.69, 9.17) is 33.3 Å². The van der Waals surface area contributed by atoms with Gasteiger partial charge < -0.3 is 8.83 Å². The van der Waals surface area contributed by atoms with Gasteiger partial charge in [0.2, 0.25) is 0 Å². The summed E-state index contributed by atoms with van der Waals surface area (Å²) in [4.78, 5) is 29.0. The predicted octanol–water partition coefficient (Wildman–Crippen LogP) is 3.51. The fourth-order valence-electron chi connectivity index (χ4n) is 2.46. The van der Waals surface area contributed by atoms with Gasteiger partial charge in [-0.2, -0.15) is 0 Å². The third kappa shape index (κ3) is 3.13. The van der Waals surface area contributed by atoms with Gasteiger partial charge in [0.05, 0.1) is 35.4 Å². The highest BCUT2D eigenvalue weighted by molar-refractivity contribution is 8.29. The van der Waals surface area contributed by atoms with Gasteiger partial charge in [0.25, 0.3) is 11.8 Å². The van der Waals surface area contributed by atoms with Crippen LogP contribution in [0.5, 0.6) is 0 Å². The molecule has 2 saturated heterocycles. The molecule has 0 aromatic carbocycles. The van der Waals surface area contributed by atoms with Gasteiger partial charge >= 0.3 is 0 Å². The van der Waals surface area contributed by atoms with E-state index in [1.165, 1.54) is 22.3 Å². The van der Waals surface area contributed by atoms with Crippen LogP contribution in [0.4, 0.5) is 0 Å². The van der Waals surface area contributed by atoms with Crippen LogP contribution in [0.2, 0.25) is 0 Å². The molecule has 0 atom stereocenters. The summed E-state index contributed by atoms with van der Waals surface area (Å²) >= 11 is 12.8. The van der Waals surface area contributed by atoms with E-state index in [-0.39, 0.29) is 24.9 Å². The van der Waals surface area contributed by atoms with Crippen molar-refractivity contribution in [2.45, 2.75) is 13.1 Å². The van der Waals surface area contributed by atoms with E-state index in [0.29, 0.717) is 30.0 Å². The number of carbonyl (C=O) groups excluding carboxylic acids is 2. The van der Waals surface area contributed by atoms with Crippen molar-refractivity contribution in [3.63, 3.8) is 0 Å². The standard InChI is InChI=1S/C16H10N2O4S4/c19-13-11(25-15(23)17(13)7-9-3-1-5-21-9)12-14(20)18(16(24)26-12)8-10-4-2-6-22-10/h1-6H,7-8H2/b12-11+. The van der Waals surface area contributed by atoms with Crippen LogP contribution in [0.3, 0.4) is 0 Å². The molecule has 2 fully saturated rings. The molecule has 2 amide bonds. The van der Waals surface area contributed by atoms with E-state index in [1.54, 1.807) is 24.3 Å². The van der Waals surface area contributed by atoms with Crippen molar-refractivity contribution in [3.05, 3.63) is 58.1 Å². The van der Waals surface area contributed by atoms with Crippen LogP contribution in [0.15, 0.2) is 55.4 Å². The average molecular weight is 423 g/mol. The molecule has 6 nitrogen and oxygen atoms in total. The second kappa shape index (κ2) is 7.03. The van der Waals surface area contributed by atoms with Crippen LogP contribution in [-0.2, 0) is 22.7 Å². The maximum absolute atomic E-state index is 12.8. The second-order valence-corrected chi connectivity index (χ2v) is 8.62. The first kappa shape index (κ1) is 17.5. The lowest BCUT2D eigenvalue weighted by molar-refractivity contribution is -0.125. The van der Waals surface area contributed by atoms with E-state index in [1.807, 2.05) is 0 Å². The number of carbonyl (C=O) groups is 2. The zero-order chi connectivity index (χ0) is 18.3. The summed E-state index contributed by atoms with van der Waals surface area (Å²) in [7, 11) is 0. The number of hydrogen-bond acceptors (Lipinski definition) is 8. The van der Waals surface area contributed by atoms with E-state index in [9.17, 15) is 9.59 Å². The number of rotatable bonds is 4. The average Bonchev–Trinajstić information content (AvgIpc) is 3.39. The minimum atomic E-state index is -0.310. The Morgan fingerprint density at radius 3 is 1.58 bits per heavy atom. The van der Waals surface area contributed by atoms with Gasteiger partial charge in [-0.05, 0) is 24.3 Å². The van der Waals surface area contributed by atoms with Gasteiger partial charge in [0.15, 0.2) is 0 Å². The summed E-state index contributed by atoms with van der Waals surface area (Å²) in [6.45, 7) is 0.460. The first-order chi connectivity index (χ1) is 12.5. The fourth-order valence-corrected chi connectivity index (χ4v) is 5.12. The molecule has 0 radical (unpaired) electrons. The zero-order valence-electron chi connectivity index (χ0n) is 13.0. The predicted molar refractivity (Wildman–Crippen MR) is 106 cm³/mol. The molecule has 0 bridgehead atoms. The fraction of sp³-hybridized carbons (Fsp3) is 0.125. The molecule has 0 unspecified atom stereocenters. The van der Waals surface area contributed by atoms with Crippen molar-refractivity contribution in [3.8, 4) is 0 Å². The third-order valence-electron chi connectivity index (χ3n) is 3.69. The van der Waals surface area contributed by atoms with Gasteiger partial charge in [0, 0.05) is 0 Å². The summed E-state index contributed by atoms with van der Waals surface area (Å²) in [5, 5.41) is 0. The van der Waals surface area contributed by atoms with Gasteiger partial charge in [-0.25, -0.2) is 0 Å². The second-order valence-electron chi connectivity index (χ2n) is 5.34. The molecule has 4 rings (SSSR count). The van der Waals surface area contributed by atoms with Crippen LogP contribution in [0.1, 0.15) is 11.5 Å². The smallest absolute Gasteiger partial charge is 0.267 e. The highest BCUT2D eigenvalue weighted by Crippen LogP contribution is 2.42. The minimum absolute atomic E-state index is 0.230. The lowest BCUT2D eigenvalue weighted by Crippen LogP contribution is -2.29. The topological polar surface area (TPSA) is 66.9 Å². The largest absolute Gasteiger partial charge is 0.467 e. The molecule has 0 spiro atoms. The highest BCUT2D eigenvalue weighted by Gasteiger charge is 2.42. The zero-order valence-corrected chi connectivity index (χ0v) is 16.3. The molecular formula is C16H10N2O4S4. The Kier molecular flexibility index (Phi) is 4.74. The highest BCUT2D eigenvalue weighted by atomic mass is 32.2. The van der Waals surface area contributed by atoms with E-state index < -0.39 is 0 Å². The quantitative estimate of drug-likeness (QED) is 0.548. The molecule has 2 aromatic heterocycles. The molecule has 10 heteroatoms. The Labute approximate surface area is 167 Å². The molecule has 26 heavy (non-hydrogen) atoms. The molecule has 4 heterocycles. The van der Waals surface area contributed by atoms with Gasteiger partial charge in [-0.1, -0.05) is 48.0 Å². The van der Waals surface area contributed by atoms with E-state index in [0.717, 1.165) is 23.5 Å². The Bertz CT molecular complexity index is 857. The number of furan rings is 2. The summed E-state index contributed by atoms with van der Waals surface area (Å²) in [5.41, 5.74) is 0. The Balaban J connectivity index is 1.58. The van der Waals surface area contributed by atoms with E-state index >= 15 is 0 Å². The number of nitrogens with zero attached hydrogens (tertiary/aromatic N) is 2. The molecule has 0 saturated carbocycles. The lowest BCUT2D eigenvalue weighted by Gasteiger charge is -2.12. The van der Waals surface area contributed by atoms with Crippen molar-refractivity contribution in [2.75, 3.05) is 0 Å². The Hall–Kier alpha value is -1.88. The van der Waals surface area contributed by atoms with Gasteiger partial charge in [-0.15, -0.1) is 0 Å². The van der Waals surface area contributed by atoms with Crippen LogP contribution < -0.4 is 0 Å². The molecule has 132 valence electrons.